The van der Waals surface area contributed by atoms with Gasteiger partial charge in [-0.2, -0.15) is 0 Å². The number of carbonyl (C=O) groups is 7. The summed E-state index contributed by atoms with van der Waals surface area (Å²) in [7, 11) is 13.7. The molecule has 0 heterocycles. The predicted molar refractivity (Wildman–Crippen MR) is 608 cm³/mol. The van der Waals surface area contributed by atoms with Crippen molar-refractivity contribution in [3.8, 4) is 0 Å². The van der Waals surface area contributed by atoms with Gasteiger partial charge in [0.05, 0.1) is 13.7 Å². The van der Waals surface area contributed by atoms with Crippen LogP contribution in [0, 0.1) is 0 Å². The molecule has 0 amide bonds. The maximum Gasteiger partial charge on any atom is 0.306 e. The first-order valence-electron chi connectivity index (χ1n) is 59.8. The van der Waals surface area contributed by atoms with Gasteiger partial charge in [-0.25, -0.2) is 0 Å². The van der Waals surface area contributed by atoms with Crippen molar-refractivity contribution in [2.75, 3.05) is 88.9 Å². The first kappa shape index (κ1) is 143. The second kappa shape index (κ2) is 121. The molecule has 0 saturated heterocycles. The third-order valence-corrected chi connectivity index (χ3v) is 26.4. The van der Waals surface area contributed by atoms with Gasteiger partial charge in [0, 0.05) is 44.9 Å². The zero-order chi connectivity index (χ0) is 104. The van der Waals surface area contributed by atoms with Crippen LogP contribution < -0.4 is 0 Å². The lowest BCUT2D eigenvalue weighted by Crippen LogP contribution is -2.20. The van der Waals surface area contributed by atoms with Gasteiger partial charge in [0.15, 0.2) is 0 Å². The zero-order valence-electron chi connectivity index (χ0n) is 94.9. The quantitative estimate of drug-likeness (QED) is 0.0241. The summed E-state index contributed by atoms with van der Waals surface area (Å²) in [5.41, 5.74) is 0. The fourth-order valence-electron chi connectivity index (χ4n) is 17.5. The van der Waals surface area contributed by atoms with Crippen LogP contribution in [0.5, 0.6) is 0 Å². The molecule has 0 aromatic rings. The van der Waals surface area contributed by atoms with Crippen LogP contribution in [0.3, 0.4) is 0 Å². The van der Waals surface area contributed by atoms with Gasteiger partial charge in [0.25, 0.3) is 0 Å². The van der Waals surface area contributed by atoms with Crippen LogP contribution in [0.1, 0.15) is 581 Å². The van der Waals surface area contributed by atoms with Gasteiger partial charge in [0.2, 0.25) is 0 Å². The van der Waals surface area contributed by atoms with Gasteiger partial charge in [-0.15, -0.1) is 0 Å². The van der Waals surface area contributed by atoms with E-state index in [0.29, 0.717) is 64.8 Å². The van der Waals surface area contributed by atoms with E-state index in [1.54, 1.807) is 0 Å². The van der Waals surface area contributed by atoms with E-state index in [9.17, 15) is 33.6 Å². The van der Waals surface area contributed by atoms with E-state index in [-0.39, 0.29) is 67.5 Å². The Morgan fingerprint density at radius 3 is 0.599 bits per heavy atom. The van der Waals surface area contributed by atoms with Gasteiger partial charge in [-0.1, -0.05) is 352 Å². The molecule has 0 aliphatic carbocycles. The molecule has 0 fully saturated rings. The third-order valence-electron chi connectivity index (χ3n) is 26.4. The molecule has 0 rings (SSSR count). The number of methoxy groups -OCH3 is 1. The minimum absolute atomic E-state index is 0. The first-order valence-corrected chi connectivity index (χ1v) is 59.8. The van der Waals surface area contributed by atoms with E-state index < -0.39 is 0 Å². The zero-order valence-corrected chi connectivity index (χ0v) is 94.9. The molecule has 17 nitrogen and oxygen atoms in total. The Hall–Kier alpha value is -5.39. The molecule has 0 aliphatic heterocycles. The van der Waals surface area contributed by atoms with Crippen LogP contribution in [0.2, 0.25) is 0 Å². The van der Waals surface area contributed by atoms with Crippen molar-refractivity contribution in [3.05, 3.63) is 72.9 Å². The lowest BCUT2D eigenvalue weighted by atomic mass is 10.0. The fraction of sp³-hybridized carbons (Fsp3) is 0.848. The number of hydrogen-bond acceptors (Lipinski definition) is 17. The molecule has 0 N–H and O–H groups in total. The van der Waals surface area contributed by atoms with E-state index in [1.165, 1.54) is 322 Å². The van der Waals surface area contributed by atoms with Crippen LogP contribution in [-0.2, 0) is 66.7 Å². The normalized spacial score (nSPS) is 12.1. The second-order valence-electron chi connectivity index (χ2n) is 41.3. The van der Waals surface area contributed by atoms with Gasteiger partial charge < -0.3 is 47.9 Å². The van der Waals surface area contributed by atoms with E-state index in [4.69, 9.17) is 28.4 Å². The molecule has 0 saturated carbocycles. The van der Waals surface area contributed by atoms with Crippen LogP contribution >= 0.6 is 0 Å². The fourth-order valence-corrected chi connectivity index (χ4v) is 17.5. The molecule has 0 aromatic heterocycles. The number of unbranched alkanes of at least 4 members (excludes halogenated alkanes) is 56. The van der Waals surface area contributed by atoms with Crippen LogP contribution in [0.4, 0.5) is 0 Å². The van der Waals surface area contributed by atoms with Crippen molar-refractivity contribution in [1.82, 2.24) is 14.7 Å². The Bertz CT molecular complexity index is 2800. The van der Waals surface area contributed by atoms with Crippen molar-refractivity contribution in [2.45, 2.75) is 600 Å². The van der Waals surface area contributed by atoms with E-state index in [0.717, 1.165) is 199 Å². The Morgan fingerprint density at radius 2 is 0.366 bits per heavy atom. The maximum atomic E-state index is 12.5. The molecular formula is C125H235N3O14. The number of hydrogen-bond donors (Lipinski definition) is 0. The molecule has 142 heavy (non-hydrogen) atoms. The molecule has 0 aliphatic rings. The number of ether oxygens (including phenoxy) is 7. The molecule has 17 heteroatoms. The Kier molecular flexibility index (Phi) is 122. The average Bonchev–Trinajstić information content (AvgIpc) is 0.965. The largest absolute Gasteiger partial charge is 0.469 e. The van der Waals surface area contributed by atoms with E-state index in [2.05, 4.69) is 136 Å². The summed E-state index contributed by atoms with van der Waals surface area (Å²) in [6, 6.07) is 0. The van der Waals surface area contributed by atoms with E-state index in [1.807, 2.05) is 33.2 Å². The molecule has 0 radical (unpaired) electrons. The highest BCUT2D eigenvalue weighted by Gasteiger charge is 2.19. The second-order valence-corrected chi connectivity index (χ2v) is 41.3. The number of nitrogens with zero attached hydrogens (tertiary/aromatic N) is 3. The van der Waals surface area contributed by atoms with Gasteiger partial charge in [-0.3, -0.25) is 33.6 Å². The molecule has 2 atom stereocenters. The van der Waals surface area contributed by atoms with Crippen molar-refractivity contribution in [3.63, 3.8) is 0 Å². The molecule has 0 spiro atoms. The summed E-state index contributed by atoms with van der Waals surface area (Å²) in [5, 5.41) is 0. The maximum absolute atomic E-state index is 12.5. The topological polar surface area (TPSA) is 194 Å². The number of rotatable bonds is 106. The minimum Gasteiger partial charge on any atom is -0.469 e. The summed E-state index contributed by atoms with van der Waals surface area (Å²) in [6.45, 7) is 14.8. The van der Waals surface area contributed by atoms with Crippen molar-refractivity contribution >= 4 is 41.8 Å². The third kappa shape index (κ3) is 123. The summed E-state index contributed by atoms with van der Waals surface area (Å²) in [6.07, 6.45) is 122. The van der Waals surface area contributed by atoms with Crippen molar-refractivity contribution in [2.24, 2.45) is 0 Å². The van der Waals surface area contributed by atoms with Crippen LogP contribution in [0.15, 0.2) is 72.9 Å². The molecule has 834 valence electrons. The standard InChI is InChI=1S/C44H83NO4.C41H75NO6.C39H73NO4.CH4/c1-5-6-7-8-9-10-11-12-13-15-18-21-24-27-30-33-37-42(49-44(47)40-36-41-45(2)3)38-34-31-28-25-22-19-16-14-17-20-23-26-29-32-35-39-43(46)48-4;1-5-7-9-11-13-21-27-36-46-39(43)32-25-19-15-17-23-30-38(48-41(45)34-29-35-42(3)4)31-24-18-16-20-26-33-40(44)47-37-28-22-14-12-10-8-6-2;1-5-7-8-9-10-11-12-13-16-19-22-25-28-32-37(44-39(42)35-31-36-40(3)4)33-29-26-23-20-17-14-15-18-21-24-27-30-34-38(41)43-6-2;/h12-14,17,42H,5-11,15-16,18-41H2,1-4H3;21-22,27-28,38H,5-20,23-26,29-37H2,1-4H3;10-11,18,21,37H,5-9,12-17,19-20,22-36H2,1-4H3;1H4/b13-12-,17-14-;27-21-,28-22-;11-10-,21-18-;. The molecule has 0 aromatic carbocycles. The lowest BCUT2D eigenvalue weighted by Gasteiger charge is -2.18. The highest BCUT2D eigenvalue weighted by Crippen LogP contribution is 2.25. The molecule has 0 bridgehead atoms. The molecular weight excluding hydrogens is 1770 g/mol. The number of allylic oxidation sites excluding steroid dienone is 10. The van der Waals surface area contributed by atoms with Crippen LogP contribution in [-0.4, -0.2) is 164 Å². The molecule has 2 unspecified atom stereocenters. The summed E-state index contributed by atoms with van der Waals surface area (Å²) in [4.78, 5) is 90.3. The SMILES string of the molecule is C.CCCCC/C=C\CCCCCCCCC(CCCCCCCC/C=C\CCCCC(=O)OCC)OC(=O)CCCN(C)C.CCCCCC/C=C\COC(=O)CCCCCCCC(CCCCCCCC(=O)OC/C=C\CCCCCC)OC(=O)CCCN(C)C.CCCCCCCC/C=C\CCCCCCCCC(CCCCCCCC/C=C\CCCCCCCC(=O)OC)OC(=O)CCCN(C)C. The Balaban J connectivity index is -0.00000100. The predicted octanol–water partition coefficient (Wildman–Crippen LogP) is 36.0. The number of esters is 7. The Labute approximate surface area is 879 Å². The van der Waals surface area contributed by atoms with Gasteiger partial charge in [0.1, 0.15) is 31.5 Å². The van der Waals surface area contributed by atoms with Crippen molar-refractivity contribution in [1.29, 1.82) is 0 Å². The average molecular weight is 2000 g/mol. The van der Waals surface area contributed by atoms with Crippen LogP contribution in [0.25, 0.3) is 0 Å². The highest BCUT2D eigenvalue weighted by atomic mass is 16.6. The van der Waals surface area contributed by atoms with Gasteiger partial charge >= 0.3 is 41.8 Å². The first-order chi connectivity index (χ1) is 68.9. The minimum atomic E-state index is -0.108. The Morgan fingerprint density at radius 1 is 0.197 bits per heavy atom. The monoisotopic (exact) mass is 2000 g/mol. The lowest BCUT2D eigenvalue weighted by molar-refractivity contribution is -0.151. The summed E-state index contributed by atoms with van der Waals surface area (Å²) >= 11 is 0. The van der Waals surface area contributed by atoms with Crippen molar-refractivity contribution < 1.29 is 66.7 Å². The summed E-state index contributed by atoms with van der Waals surface area (Å²) < 4.78 is 38.2. The number of carbonyl (C=O) groups excluding carboxylic acids is 7. The summed E-state index contributed by atoms with van der Waals surface area (Å²) in [5.74, 6) is -0.471. The van der Waals surface area contributed by atoms with E-state index >= 15 is 0 Å². The smallest absolute Gasteiger partial charge is 0.306 e. The van der Waals surface area contributed by atoms with Gasteiger partial charge in [-0.05, 0) is 319 Å². The highest BCUT2D eigenvalue weighted by molar-refractivity contribution is 5.71.